The minimum absolute atomic E-state index is 0.652. The number of hydrogen-bond acceptors (Lipinski definition) is 1. The van der Waals surface area contributed by atoms with Crippen LogP contribution in [0.2, 0.25) is 0 Å². The van der Waals surface area contributed by atoms with Gasteiger partial charge >= 0.3 is 0 Å². The van der Waals surface area contributed by atoms with E-state index in [4.69, 9.17) is 0 Å². The summed E-state index contributed by atoms with van der Waals surface area (Å²) in [6.07, 6.45) is 5.08. The fourth-order valence-electron chi connectivity index (χ4n) is 2.05. The van der Waals surface area contributed by atoms with Crippen molar-refractivity contribution in [2.75, 3.05) is 13.1 Å². The zero-order valence-electron chi connectivity index (χ0n) is 11.0. The summed E-state index contributed by atoms with van der Waals surface area (Å²) < 4.78 is 1.19. The summed E-state index contributed by atoms with van der Waals surface area (Å²) in [4.78, 5) is 0. The molecule has 0 aliphatic carbocycles. The molecule has 1 nitrogen and oxygen atoms in total. The summed E-state index contributed by atoms with van der Waals surface area (Å²) in [5.74, 6) is 0.652. The van der Waals surface area contributed by atoms with Crippen LogP contribution in [0.25, 0.3) is 0 Å². The lowest BCUT2D eigenvalue weighted by Gasteiger charge is -2.18. The summed E-state index contributed by atoms with van der Waals surface area (Å²) in [6.45, 7) is 6.70. The van der Waals surface area contributed by atoms with Crippen molar-refractivity contribution in [2.24, 2.45) is 0 Å². The van der Waals surface area contributed by atoms with Gasteiger partial charge in [0.25, 0.3) is 0 Å². The molecule has 2 heteroatoms. The quantitative estimate of drug-likeness (QED) is 0.685. The predicted octanol–water partition coefficient (Wildman–Crippen LogP) is 4.72. The standard InChI is InChI=1S/C15H24BrN/c1-3-5-7-14(12-17-10-4-2)13-8-6-9-15(16)11-13/h6,8-9,11,14,17H,3-5,7,10,12H2,1-2H3. The number of rotatable bonds is 8. The van der Waals surface area contributed by atoms with E-state index < -0.39 is 0 Å². The molecule has 1 rings (SSSR count). The molecule has 96 valence electrons. The number of unbranched alkanes of at least 4 members (excludes halogenated alkanes) is 1. The average molecular weight is 298 g/mol. The van der Waals surface area contributed by atoms with Crippen LogP contribution >= 0.6 is 15.9 Å². The summed E-state index contributed by atoms with van der Waals surface area (Å²) in [6, 6.07) is 8.74. The summed E-state index contributed by atoms with van der Waals surface area (Å²) in [7, 11) is 0. The monoisotopic (exact) mass is 297 g/mol. The molecule has 0 amide bonds. The van der Waals surface area contributed by atoms with Crippen LogP contribution in [0.3, 0.4) is 0 Å². The Hall–Kier alpha value is -0.340. The lowest BCUT2D eigenvalue weighted by Crippen LogP contribution is -2.22. The van der Waals surface area contributed by atoms with Crippen LogP contribution in [0.1, 0.15) is 51.0 Å². The van der Waals surface area contributed by atoms with Gasteiger partial charge < -0.3 is 5.32 Å². The first-order chi connectivity index (χ1) is 8.27. The van der Waals surface area contributed by atoms with E-state index in [2.05, 4.69) is 59.4 Å². The molecule has 0 spiro atoms. The molecule has 17 heavy (non-hydrogen) atoms. The highest BCUT2D eigenvalue weighted by atomic mass is 79.9. The van der Waals surface area contributed by atoms with Crippen molar-refractivity contribution >= 4 is 15.9 Å². The molecular formula is C15H24BrN. The van der Waals surface area contributed by atoms with Crippen molar-refractivity contribution in [3.8, 4) is 0 Å². The second kappa shape index (κ2) is 8.71. The summed E-state index contributed by atoms with van der Waals surface area (Å²) in [5, 5.41) is 3.55. The maximum absolute atomic E-state index is 3.56. The zero-order valence-corrected chi connectivity index (χ0v) is 12.6. The smallest absolute Gasteiger partial charge is 0.0178 e. The molecule has 1 unspecified atom stereocenters. The Kier molecular flexibility index (Phi) is 7.54. The van der Waals surface area contributed by atoms with Crippen LogP contribution in [-0.2, 0) is 0 Å². The molecule has 1 N–H and O–H groups in total. The van der Waals surface area contributed by atoms with Gasteiger partial charge in [-0.1, -0.05) is 54.8 Å². The zero-order chi connectivity index (χ0) is 12.5. The van der Waals surface area contributed by atoms with E-state index in [9.17, 15) is 0 Å². The van der Waals surface area contributed by atoms with Gasteiger partial charge in [0.2, 0.25) is 0 Å². The van der Waals surface area contributed by atoms with Crippen LogP contribution in [-0.4, -0.2) is 13.1 Å². The second-order valence-corrected chi connectivity index (χ2v) is 5.51. The van der Waals surface area contributed by atoms with Crippen LogP contribution in [0, 0.1) is 0 Å². The molecule has 1 aromatic carbocycles. The third-order valence-corrected chi connectivity index (χ3v) is 3.54. The van der Waals surface area contributed by atoms with Crippen LogP contribution in [0.5, 0.6) is 0 Å². The van der Waals surface area contributed by atoms with E-state index in [0.717, 1.165) is 13.1 Å². The highest BCUT2D eigenvalue weighted by Gasteiger charge is 2.10. The molecule has 0 bridgehead atoms. The Morgan fingerprint density at radius 3 is 2.71 bits per heavy atom. The number of nitrogens with one attached hydrogen (secondary N) is 1. The molecule has 0 saturated heterocycles. The lowest BCUT2D eigenvalue weighted by molar-refractivity contribution is 0.528. The van der Waals surface area contributed by atoms with Crippen molar-refractivity contribution in [3.63, 3.8) is 0 Å². The number of halogens is 1. The first-order valence-corrected chi connectivity index (χ1v) is 7.53. The van der Waals surface area contributed by atoms with Gasteiger partial charge in [-0.25, -0.2) is 0 Å². The van der Waals surface area contributed by atoms with E-state index >= 15 is 0 Å². The van der Waals surface area contributed by atoms with E-state index in [-0.39, 0.29) is 0 Å². The summed E-state index contributed by atoms with van der Waals surface area (Å²) >= 11 is 3.56. The Morgan fingerprint density at radius 1 is 1.24 bits per heavy atom. The van der Waals surface area contributed by atoms with Gasteiger partial charge in [0.15, 0.2) is 0 Å². The SMILES string of the molecule is CCCCC(CNCCC)c1cccc(Br)c1. The topological polar surface area (TPSA) is 12.0 Å². The number of benzene rings is 1. The molecule has 1 aromatic rings. The van der Waals surface area contributed by atoms with Crippen molar-refractivity contribution in [1.82, 2.24) is 5.32 Å². The molecule has 0 aromatic heterocycles. The van der Waals surface area contributed by atoms with Crippen molar-refractivity contribution < 1.29 is 0 Å². The minimum Gasteiger partial charge on any atom is -0.316 e. The lowest BCUT2D eigenvalue weighted by atomic mass is 9.93. The molecule has 0 heterocycles. The van der Waals surface area contributed by atoms with E-state index in [0.29, 0.717) is 5.92 Å². The largest absolute Gasteiger partial charge is 0.316 e. The van der Waals surface area contributed by atoms with Gasteiger partial charge in [0.1, 0.15) is 0 Å². The fraction of sp³-hybridized carbons (Fsp3) is 0.600. The van der Waals surface area contributed by atoms with Crippen molar-refractivity contribution in [2.45, 2.75) is 45.4 Å². The average Bonchev–Trinajstić information content (AvgIpc) is 2.33. The van der Waals surface area contributed by atoms with Crippen LogP contribution in [0.4, 0.5) is 0 Å². The van der Waals surface area contributed by atoms with Crippen LogP contribution < -0.4 is 5.32 Å². The predicted molar refractivity (Wildman–Crippen MR) is 79.6 cm³/mol. The van der Waals surface area contributed by atoms with E-state index in [1.807, 2.05) is 0 Å². The molecule has 0 fully saturated rings. The Balaban J connectivity index is 2.60. The van der Waals surface area contributed by atoms with Gasteiger partial charge in [-0.3, -0.25) is 0 Å². The van der Waals surface area contributed by atoms with Crippen LogP contribution in [0.15, 0.2) is 28.7 Å². The molecule has 0 saturated carbocycles. The summed E-state index contributed by atoms with van der Waals surface area (Å²) in [5.41, 5.74) is 1.46. The van der Waals surface area contributed by atoms with E-state index in [1.165, 1.54) is 35.7 Å². The molecule has 0 aliphatic rings. The van der Waals surface area contributed by atoms with Gasteiger partial charge in [0.05, 0.1) is 0 Å². The first kappa shape index (κ1) is 14.7. The first-order valence-electron chi connectivity index (χ1n) is 6.74. The second-order valence-electron chi connectivity index (χ2n) is 4.60. The Morgan fingerprint density at radius 2 is 2.06 bits per heavy atom. The van der Waals surface area contributed by atoms with Gasteiger partial charge in [-0.15, -0.1) is 0 Å². The molecule has 0 aliphatic heterocycles. The van der Waals surface area contributed by atoms with E-state index in [1.54, 1.807) is 0 Å². The molecule has 1 atom stereocenters. The molecular weight excluding hydrogens is 274 g/mol. The third-order valence-electron chi connectivity index (χ3n) is 3.04. The normalized spacial score (nSPS) is 12.6. The number of hydrogen-bond donors (Lipinski definition) is 1. The molecule has 0 radical (unpaired) electrons. The van der Waals surface area contributed by atoms with Crippen molar-refractivity contribution in [3.05, 3.63) is 34.3 Å². The fourth-order valence-corrected chi connectivity index (χ4v) is 2.47. The maximum atomic E-state index is 3.56. The highest BCUT2D eigenvalue weighted by Crippen LogP contribution is 2.24. The van der Waals surface area contributed by atoms with Gasteiger partial charge in [-0.05, 0) is 43.0 Å². The Labute approximate surface area is 114 Å². The minimum atomic E-state index is 0.652. The third kappa shape index (κ3) is 5.69. The van der Waals surface area contributed by atoms with Gasteiger partial charge in [0, 0.05) is 11.0 Å². The highest BCUT2D eigenvalue weighted by molar-refractivity contribution is 9.10. The van der Waals surface area contributed by atoms with Crippen molar-refractivity contribution in [1.29, 1.82) is 0 Å². The Bertz CT molecular complexity index is 312. The van der Waals surface area contributed by atoms with Gasteiger partial charge in [-0.2, -0.15) is 0 Å². The maximum Gasteiger partial charge on any atom is 0.0178 e.